The van der Waals surface area contributed by atoms with Crippen molar-refractivity contribution in [3.63, 3.8) is 0 Å². The van der Waals surface area contributed by atoms with Crippen LogP contribution < -0.4 is 21.9 Å². The third-order valence-corrected chi connectivity index (χ3v) is 15.6. The van der Waals surface area contributed by atoms with E-state index in [1.807, 2.05) is 50.4 Å². The molecule has 19 heteroatoms. The summed E-state index contributed by atoms with van der Waals surface area (Å²) in [4.78, 5) is 75.9. The second-order valence-electron chi connectivity index (χ2n) is 19.8. The maximum atomic E-state index is 16.2. The van der Waals surface area contributed by atoms with E-state index in [0.29, 0.717) is 68.8 Å². The fraction of sp³-hybridized carbons (Fsp3) is 0.396. The molecular formula is C53H58FN13O5. The number of nitrogens with zero attached hydrogens (tertiary/aromatic N) is 11. The summed E-state index contributed by atoms with van der Waals surface area (Å²) in [6.07, 6.45) is 8.52. The van der Waals surface area contributed by atoms with Crippen LogP contribution in [0.2, 0.25) is 0 Å². The SMILES string of the molecule is CNc1ccn(-c2ccnc3c2cc([C@H](C)N2CC=C(c4c(C)cc(C(=O)N5CCn6c(nnc6C6CCN(Cc7ccc8c(c7)n(C)c(=O)n8C7CCC(=O)NC7=O)CC6)C5)cc4F)CC2)n3C)c(=O)c1. The zero-order chi connectivity index (χ0) is 50.1. The van der Waals surface area contributed by atoms with Gasteiger partial charge in [0, 0.05) is 119 Å². The quantitative estimate of drug-likeness (QED) is 0.169. The van der Waals surface area contributed by atoms with Gasteiger partial charge in [-0.25, -0.2) is 14.2 Å². The Labute approximate surface area is 414 Å². The van der Waals surface area contributed by atoms with E-state index in [-0.39, 0.29) is 41.4 Å². The Balaban J connectivity index is 0.711. The average Bonchev–Trinajstić information content (AvgIpc) is 4.04. The Morgan fingerprint density at radius 1 is 0.903 bits per heavy atom. The number of pyridine rings is 2. The third-order valence-electron chi connectivity index (χ3n) is 15.6. The van der Waals surface area contributed by atoms with Crippen molar-refractivity contribution in [2.45, 2.75) is 83.6 Å². The average molecular weight is 976 g/mol. The molecule has 2 saturated heterocycles. The lowest BCUT2D eigenvalue weighted by molar-refractivity contribution is -0.135. The van der Waals surface area contributed by atoms with Crippen molar-refractivity contribution in [3.05, 3.63) is 139 Å². The zero-order valence-corrected chi connectivity index (χ0v) is 41.2. The molecule has 3 amide bonds. The number of fused-ring (bicyclic) bond motifs is 3. The second kappa shape index (κ2) is 18.6. The number of benzene rings is 2. The highest BCUT2D eigenvalue weighted by molar-refractivity contribution is 6.00. The molecule has 9 heterocycles. The van der Waals surface area contributed by atoms with E-state index < -0.39 is 17.8 Å². The Morgan fingerprint density at radius 2 is 1.72 bits per heavy atom. The first-order valence-corrected chi connectivity index (χ1v) is 24.8. The van der Waals surface area contributed by atoms with Gasteiger partial charge in [-0.15, -0.1) is 10.2 Å². The highest BCUT2D eigenvalue weighted by atomic mass is 19.1. The van der Waals surface area contributed by atoms with Crippen LogP contribution >= 0.6 is 0 Å². The van der Waals surface area contributed by atoms with Gasteiger partial charge in [0.15, 0.2) is 5.82 Å². The summed E-state index contributed by atoms with van der Waals surface area (Å²) in [5.74, 6) is 0.483. The van der Waals surface area contributed by atoms with Gasteiger partial charge in [-0.3, -0.25) is 48.0 Å². The lowest BCUT2D eigenvalue weighted by Gasteiger charge is -2.33. The normalized spacial score (nSPS) is 18.7. The fourth-order valence-electron chi connectivity index (χ4n) is 11.6. The van der Waals surface area contributed by atoms with Gasteiger partial charge in [0.05, 0.1) is 23.3 Å². The molecule has 2 N–H and O–H groups in total. The topological polar surface area (TPSA) is 182 Å². The van der Waals surface area contributed by atoms with Crippen molar-refractivity contribution < 1.29 is 18.8 Å². The number of hydrogen-bond acceptors (Lipinski definition) is 11. The minimum absolute atomic E-state index is 0.0130. The predicted octanol–water partition coefficient (Wildman–Crippen LogP) is 5.32. The summed E-state index contributed by atoms with van der Waals surface area (Å²) >= 11 is 0. The van der Waals surface area contributed by atoms with Gasteiger partial charge in [-0.05, 0) is 112 Å². The molecule has 18 nitrogen and oxygen atoms in total. The van der Waals surface area contributed by atoms with Crippen LogP contribution in [0, 0.1) is 12.7 Å². The maximum Gasteiger partial charge on any atom is 0.329 e. The standard InChI is InChI=1S/C53H58FN13O5/c1-31-24-36(26-39(54)48(31)34-13-19-63(20-14-34)32(2)43-28-38-40(10-16-56-50(38)60(43)4)65-21-15-37(55-3)27-47(65)69)52(71)64-22-23-66-45(30-64)58-59-49(66)35-11-17-62(18-12-35)29-33-6-7-41-44(25-33)61(5)53(72)67(41)42-8-9-46(68)57-51(42)70/h6-7,10,13,15-16,21,24-28,32,35,42,55H,8-9,11-12,14,17-20,22-23,29-30H2,1-5H3,(H,57,68,70)/t32-,42?/m0/s1. The lowest BCUT2D eigenvalue weighted by atomic mass is 9.92. The number of aryl methyl sites for hydroxylation is 3. The Kier molecular flexibility index (Phi) is 12.1. The molecule has 0 spiro atoms. The molecule has 4 aliphatic rings. The number of anilines is 1. The number of imide groups is 1. The number of imidazole rings is 1. The van der Waals surface area contributed by atoms with Crippen LogP contribution in [0.3, 0.4) is 0 Å². The van der Waals surface area contributed by atoms with Gasteiger partial charge in [-0.1, -0.05) is 12.1 Å². The summed E-state index contributed by atoms with van der Waals surface area (Å²) < 4.78 is 25.2. The number of likely N-dealkylation sites (tertiary alicyclic amines) is 1. The number of amides is 3. The van der Waals surface area contributed by atoms with Gasteiger partial charge < -0.3 is 19.4 Å². The zero-order valence-electron chi connectivity index (χ0n) is 41.2. The molecule has 11 rings (SSSR count). The van der Waals surface area contributed by atoms with Crippen LogP contribution in [0.15, 0.2) is 82.7 Å². The number of halogens is 1. The number of carbonyl (C=O) groups excluding carboxylic acids is 3. The molecule has 372 valence electrons. The van der Waals surface area contributed by atoms with E-state index in [0.717, 1.165) is 87.9 Å². The van der Waals surface area contributed by atoms with E-state index >= 15 is 4.39 Å². The van der Waals surface area contributed by atoms with Crippen LogP contribution in [0.5, 0.6) is 0 Å². The molecule has 2 fully saturated rings. The monoisotopic (exact) mass is 975 g/mol. The first-order valence-electron chi connectivity index (χ1n) is 24.8. The summed E-state index contributed by atoms with van der Waals surface area (Å²) in [7, 11) is 5.49. The van der Waals surface area contributed by atoms with Gasteiger partial charge >= 0.3 is 5.69 Å². The number of hydrogen-bond donors (Lipinski definition) is 2. The van der Waals surface area contributed by atoms with Gasteiger partial charge in [0.25, 0.3) is 11.5 Å². The van der Waals surface area contributed by atoms with Gasteiger partial charge in [0.2, 0.25) is 11.8 Å². The molecule has 0 bridgehead atoms. The minimum atomic E-state index is -0.722. The van der Waals surface area contributed by atoms with Crippen LogP contribution in [-0.4, -0.2) is 110 Å². The molecule has 0 radical (unpaired) electrons. The smallest absolute Gasteiger partial charge is 0.329 e. The molecule has 4 aliphatic heterocycles. The van der Waals surface area contributed by atoms with Crippen molar-refractivity contribution in [3.8, 4) is 5.69 Å². The Hall–Kier alpha value is -7.51. The predicted molar refractivity (Wildman–Crippen MR) is 270 cm³/mol. The highest BCUT2D eigenvalue weighted by Gasteiger charge is 2.34. The van der Waals surface area contributed by atoms with E-state index in [1.165, 1.54) is 10.6 Å². The third kappa shape index (κ3) is 8.22. The first kappa shape index (κ1) is 46.8. The van der Waals surface area contributed by atoms with E-state index in [2.05, 4.69) is 63.8 Å². The minimum Gasteiger partial charge on any atom is -0.388 e. The summed E-state index contributed by atoms with van der Waals surface area (Å²) in [5.41, 5.74) is 7.94. The molecule has 2 aromatic carbocycles. The van der Waals surface area contributed by atoms with Crippen molar-refractivity contribution in [2.24, 2.45) is 14.1 Å². The van der Waals surface area contributed by atoms with Gasteiger partial charge in [-0.2, -0.15) is 0 Å². The highest BCUT2D eigenvalue weighted by Crippen LogP contribution is 2.35. The van der Waals surface area contributed by atoms with Crippen molar-refractivity contribution in [1.82, 2.24) is 58.0 Å². The molecule has 5 aromatic heterocycles. The number of rotatable bonds is 10. The Bertz CT molecular complexity index is 3480. The number of nitrogens with one attached hydrogen (secondary N) is 2. The molecular weight excluding hydrogens is 918 g/mol. The fourth-order valence-corrected chi connectivity index (χ4v) is 11.6. The van der Waals surface area contributed by atoms with Crippen molar-refractivity contribution in [2.75, 3.05) is 45.1 Å². The van der Waals surface area contributed by atoms with Crippen LogP contribution in [0.1, 0.15) is 101 Å². The first-order chi connectivity index (χ1) is 34.8. The molecule has 72 heavy (non-hydrogen) atoms. The summed E-state index contributed by atoms with van der Waals surface area (Å²) in [6, 6.07) is 15.8. The summed E-state index contributed by atoms with van der Waals surface area (Å²) in [6.45, 7) is 9.08. The van der Waals surface area contributed by atoms with Gasteiger partial charge in [0.1, 0.15) is 23.3 Å². The molecule has 0 aliphatic carbocycles. The van der Waals surface area contributed by atoms with Crippen LogP contribution in [0.25, 0.3) is 33.3 Å². The van der Waals surface area contributed by atoms with E-state index in [1.54, 1.807) is 46.6 Å². The van der Waals surface area contributed by atoms with E-state index in [9.17, 15) is 24.0 Å². The number of aromatic nitrogens is 8. The number of carbonyl (C=O) groups is 3. The van der Waals surface area contributed by atoms with Crippen molar-refractivity contribution in [1.29, 1.82) is 0 Å². The van der Waals surface area contributed by atoms with Crippen LogP contribution in [-0.2, 0) is 43.3 Å². The Morgan fingerprint density at radius 3 is 2.46 bits per heavy atom. The summed E-state index contributed by atoms with van der Waals surface area (Å²) in [5, 5.41) is 15.5. The second-order valence-corrected chi connectivity index (χ2v) is 19.8. The molecule has 2 atom stereocenters. The largest absolute Gasteiger partial charge is 0.388 e. The molecule has 0 saturated carbocycles. The molecule has 7 aromatic rings. The lowest BCUT2D eigenvalue weighted by Crippen LogP contribution is -2.44. The number of piperidine rings is 2. The van der Waals surface area contributed by atoms with Crippen molar-refractivity contribution >= 4 is 51.0 Å². The molecule has 1 unspecified atom stereocenters. The van der Waals surface area contributed by atoms with Crippen LogP contribution in [0.4, 0.5) is 10.1 Å². The maximum absolute atomic E-state index is 16.2. The van der Waals surface area contributed by atoms with E-state index in [4.69, 9.17) is 0 Å².